The Kier molecular flexibility index (Phi) is 40.1. The minimum Gasteiger partial charge on any atom is -0.462 e. The number of aliphatic hydroxyl groups excluding tert-OH is 1. The van der Waals surface area contributed by atoms with Gasteiger partial charge in [0.25, 0.3) is 0 Å². The third-order valence-electron chi connectivity index (χ3n) is 10.1. The van der Waals surface area contributed by atoms with Crippen LogP contribution in [0.2, 0.25) is 0 Å². The summed E-state index contributed by atoms with van der Waals surface area (Å²) in [5.74, 6) is -0.888. The van der Waals surface area contributed by atoms with Gasteiger partial charge in [-0.2, -0.15) is 0 Å². The second kappa shape index (κ2) is 41.7. The maximum absolute atomic E-state index is 12.7. The van der Waals surface area contributed by atoms with Gasteiger partial charge < -0.3 is 24.0 Å². The molecule has 0 fully saturated rings. The highest BCUT2D eigenvalue weighted by Crippen LogP contribution is 2.43. The van der Waals surface area contributed by atoms with Crippen molar-refractivity contribution < 1.29 is 47.2 Å². The number of hydrogen-bond acceptors (Lipinski definition) is 8. The van der Waals surface area contributed by atoms with Crippen molar-refractivity contribution in [3.63, 3.8) is 0 Å². The summed E-state index contributed by atoms with van der Waals surface area (Å²) < 4.78 is 34.3. The molecule has 0 spiro atoms. The lowest BCUT2D eigenvalue weighted by molar-refractivity contribution is -0.870. The van der Waals surface area contributed by atoms with Crippen molar-refractivity contribution in [3.8, 4) is 0 Å². The van der Waals surface area contributed by atoms with E-state index in [4.69, 9.17) is 18.5 Å². The van der Waals surface area contributed by atoms with E-state index in [9.17, 15) is 24.2 Å². The highest BCUT2D eigenvalue weighted by Gasteiger charge is 2.27. The van der Waals surface area contributed by atoms with E-state index in [1.165, 1.54) is 103 Å². The second-order valence-corrected chi connectivity index (χ2v) is 18.8. The Hall–Kier alpha value is -2.33. The van der Waals surface area contributed by atoms with Gasteiger partial charge in [-0.05, 0) is 44.9 Å². The molecule has 0 aliphatic carbocycles. The van der Waals surface area contributed by atoms with Crippen LogP contribution in [0.5, 0.6) is 0 Å². The van der Waals surface area contributed by atoms with Gasteiger partial charge in [-0.25, -0.2) is 4.57 Å². The molecule has 0 rings (SSSR count). The van der Waals surface area contributed by atoms with Crippen molar-refractivity contribution in [1.82, 2.24) is 0 Å². The predicted molar refractivity (Wildman–Crippen MR) is 253 cm³/mol. The first-order valence-corrected chi connectivity index (χ1v) is 25.6. The summed E-state index contributed by atoms with van der Waals surface area (Å²) >= 11 is 0. The molecule has 2 unspecified atom stereocenters. The van der Waals surface area contributed by atoms with E-state index in [0.717, 1.165) is 38.5 Å². The molecule has 0 aromatic heterocycles. The van der Waals surface area contributed by atoms with Gasteiger partial charge in [0.05, 0.1) is 33.9 Å². The van der Waals surface area contributed by atoms with Gasteiger partial charge in [0.15, 0.2) is 6.10 Å². The number of rotatable bonds is 43. The van der Waals surface area contributed by atoms with Crippen molar-refractivity contribution in [1.29, 1.82) is 0 Å². The summed E-state index contributed by atoms with van der Waals surface area (Å²) in [7, 11) is 1.41. The summed E-state index contributed by atoms with van der Waals surface area (Å²) in [6.07, 6.45) is 47.6. The van der Waals surface area contributed by atoms with E-state index < -0.39 is 38.6 Å². The van der Waals surface area contributed by atoms with Gasteiger partial charge in [0.1, 0.15) is 19.8 Å². The first-order chi connectivity index (χ1) is 29.4. The smallest absolute Gasteiger partial charge is 0.462 e. The predicted octanol–water partition coefficient (Wildman–Crippen LogP) is 13.0. The molecule has 0 saturated carbocycles. The number of esters is 2. The molecular formula is C50H91NO9P+. The van der Waals surface area contributed by atoms with Crippen LogP contribution in [0.25, 0.3) is 0 Å². The summed E-state index contributed by atoms with van der Waals surface area (Å²) in [4.78, 5) is 35.4. The number of quaternary nitrogens is 1. The van der Waals surface area contributed by atoms with Crippen LogP contribution in [-0.2, 0) is 32.7 Å². The lowest BCUT2D eigenvalue weighted by atomic mass is 10.0. The lowest BCUT2D eigenvalue weighted by Gasteiger charge is -2.24. The third kappa shape index (κ3) is 45.5. The average molecular weight is 881 g/mol. The number of likely N-dealkylation sites (N-methyl/N-ethyl adjacent to an activating group) is 1. The highest BCUT2D eigenvalue weighted by atomic mass is 31.2. The molecule has 0 radical (unpaired) electrons. The van der Waals surface area contributed by atoms with Crippen LogP contribution in [0, 0.1) is 0 Å². The number of aliphatic hydroxyl groups is 1. The van der Waals surface area contributed by atoms with Crippen molar-refractivity contribution in [2.24, 2.45) is 0 Å². The van der Waals surface area contributed by atoms with Crippen molar-refractivity contribution in [3.05, 3.63) is 60.8 Å². The molecule has 354 valence electrons. The van der Waals surface area contributed by atoms with E-state index in [0.29, 0.717) is 30.3 Å². The lowest BCUT2D eigenvalue weighted by Crippen LogP contribution is -2.37. The molecular weight excluding hydrogens is 790 g/mol. The maximum Gasteiger partial charge on any atom is 0.472 e. The zero-order valence-corrected chi connectivity index (χ0v) is 40.4. The molecule has 0 heterocycles. The van der Waals surface area contributed by atoms with Crippen LogP contribution in [0.4, 0.5) is 0 Å². The van der Waals surface area contributed by atoms with Crippen LogP contribution in [0.1, 0.15) is 187 Å². The quantitative estimate of drug-likeness (QED) is 0.0154. The Labute approximate surface area is 373 Å². The molecule has 0 aliphatic heterocycles. The van der Waals surface area contributed by atoms with E-state index in [-0.39, 0.29) is 26.1 Å². The molecule has 10 nitrogen and oxygen atoms in total. The number of hydrogen-bond donors (Lipinski definition) is 2. The SMILES string of the molecule is CC/C=C\C(O)C/C=C/C=C\C/C=C\C/C=C\CCCC(=O)O[C@H](COC(=O)CCCCCCCCCCCCCCCCCCCCC)COP(=O)(O)OCC[N+](C)(C)C. The number of nitrogens with zero attached hydrogens (tertiary/aromatic N) is 1. The van der Waals surface area contributed by atoms with E-state index in [1.54, 1.807) is 0 Å². The highest BCUT2D eigenvalue weighted by molar-refractivity contribution is 7.47. The number of ether oxygens (including phenoxy) is 2. The zero-order chi connectivity index (χ0) is 45.1. The Balaban J connectivity index is 4.39. The fraction of sp³-hybridized carbons (Fsp3) is 0.760. The van der Waals surface area contributed by atoms with Gasteiger partial charge >= 0.3 is 19.8 Å². The van der Waals surface area contributed by atoms with Gasteiger partial charge in [-0.1, -0.05) is 190 Å². The van der Waals surface area contributed by atoms with Crippen molar-refractivity contribution >= 4 is 19.8 Å². The Morgan fingerprint density at radius 1 is 0.607 bits per heavy atom. The summed E-state index contributed by atoms with van der Waals surface area (Å²) in [5.41, 5.74) is 0. The van der Waals surface area contributed by atoms with Crippen molar-refractivity contribution in [2.45, 2.75) is 199 Å². The molecule has 0 aliphatic rings. The first kappa shape index (κ1) is 58.7. The molecule has 0 amide bonds. The van der Waals surface area contributed by atoms with Gasteiger partial charge in [-0.3, -0.25) is 18.6 Å². The third-order valence-corrected chi connectivity index (χ3v) is 11.1. The number of phosphoric ester groups is 1. The standard InChI is InChI=1S/C50H90NO9P/c1-6-8-10-11-12-13-14-15-16-17-18-19-20-21-25-28-31-34-37-41-49(53)57-45-48(46-59-61(55,56)58-44-43-51(3,4)5)60-50(54)42-38-35-32-29-26-23-22-24-27-30-33-36-40-47(52)39-9-7-2/h9,22-23,27,29-30,32-33,36,39,47-48,52H,6-8,10-21,24-26,28,31,34-35,37-38,40-46H2,1-5H3/p+1/b23-22-,30-27-,32-29-,36-33+,39-9-/t47?,48-/m1/s1. The molecule has 0 aromatic rings. The molecule has 61 heavy (non-hydrogen) atoms. The minimum absolute atomic E-state index is 0.0121. The average Bonchev–Trinajstić information content (AvgIpc) is 3.21. The number of unbranched alkanes of at least 4 members (excludes halogenated alkanes) is 19. The minimum atomic E-state index is -4.40. The summed E-state index contributed by atoms with van der Waals surface area (Å²) in [6, 6.07) is 0. The fourth-order valence-electron chi connectivity index (χ4n) is 6.36. The number of phosphoric acid groups is 1. The maximum atomic E-state index is 12.7. The topological polar surface area (TPSA) is 129 Å². The fourth-order valence-corrected chi connectivity index (χ4v) is 7.11. The molecule has 0 saturated heterocycles. The Morgan fingerprint density at radius 2 is 1.11 bits per heavy atom. The molecule has 0 bridgehead atoms. The van der Waals surface area contributed by atoms with Gasteiger partial charge in [-0.15, -0.1) is 0 Å². The van der Waals surface area contributed by atoms with Crippen LogP contribution < -0.4 is 0 Å². The van der Waals surface area contributed by atoms with E-state index >= 15 is 0 Å². The van der Waals surface area contributed by atoms with E-state index in [1.807, 2.05) is 70.6 Å². The summed E-state index contributed by atoms with van der Waals surface area (Å²) in [5, 5.41) is 9.79. The number of carbonyl (C=O) groups excluding carboxylic acids is 2. The largest absolute Gasteiger partial charge is 0.472 e. The van der Waals surface area contributed by atoms with Crippen molar-refractivity contribution in [2.75, 3.05) is 47.5 Å². The Bertz CT molecular complexity index is 1240. The molecule has 0 aromatic carbocycles. The van der Waals surface area contributed by atoms with E-state index in [2.05, 4.69) is 25.2 Å². The normalized spacial score (nSPS) is 14.5. The Morgan fingerprint density at radius 3 is 1.67 bits per heavy atom. The second-order valence-electron chi connectivity index (χ2n) is 17.3. The van der Waals surface area contributed by atoms with Crippen LogP contribution in [-0.4, -0.2) is 86.1 Å². The van der Waals surface area contributed by atoms with Gasteiger partial charge in [0, 0.05) is 12.8 Å². The van der Waals surface area contributed by atoms with Crippen LogP contribution >= 0.6 is 7.82 Å². The van der Waals surface area contributed by atoms with Crippen LogP contribution in [0.15, 0.2) is 60.8 Å². The summed E-state index contributed by atoms with van der Waals surface area (Å²) in [6.45, 7) is 4.12. The first-order valence-electron chi connectivity index (χ1n) is 24.1. The number of carbonyl (C=O) groups is 2. The van der Waals surface area contributed by atoms with Gasteiger partial charge in [0.2, 0.25) is 0 Å². The monoisotopic (exact) mass is 881 g/mol. The molecule has 3 atom stereocenters. The van der Waals surface area contributed by atoms with Crippen LogP contribution in [0.3, 0.4) is 0 Å². The molecule has 2 N–H and O–H groups in total. The molecule has 11 heteroatoms. The zero-order valence-electron chi connectivity index (χ0n) is 39.5. The number of allylic oxidation sites excluding steroid dienone is 8.